The Morgan fingerprint density at radius 1 is 1.13 bits per heavy atom. The van der Waals surface area contributed by atoms with E-state index >= 15 is 0 Å². The number of halogens is 1. The number of nitrogens with zero attached hydrogens (tertiary/aromatic N) is 4. The van der Waals surface area contributed by atoms with Gasteiger partial charge in [0.1, 0.15) is 36.4 Å². The molecule has 4 rings (SSSR count). The third kappa shape index (κ3) is 3.94. The molecule has 30 heavy (non-hydrogen) atoms. The lowest BCUT2D eigenvalue weighted by molar-refractivity contribution is -0.0848. The highest BCUT2D eigenvalue weighted by atomic mass is 35.5. The van der Waals surface area contributed by atoms with Crippen molar-refractivity contribution < 1.29 is 20.1 Å². The van der Waals surface area contributed by atoms with Crippen molar-refractivity contribution in [3.05, 3.63) is 59.1 Å². The fourth-order valence-corrected chi connectivity index (χ4v) is 3.91. The Morgan fingerprint density at radius 2 is 1.87 bits per heavy atom. The molecular formula is C21H25ClN4O4. The predicted octanol–water partition coefficient (Wildman–Crippen LogP) is 1.54. The average Bonchev–Trinajstić information content (AvgIpc) is 3.28. The van der Waals surface area contributed by atoms with Gasteiger partial charge in [0.25, 0.3) is 0 Å². The zero-order chi connectivity index (χ0) is 21.4. The molecule has 3 heterocycles. The van der Waals surface area contributed by atoms with Crippen LogP contribution >= 0.6 is 11.6 Å². The topological polar surface area (TPSA) is 104 Å². The zero-order valence-corrected chi connectivity index (χ0v) is 17.5. The summed E-state index contributed by atoms with van der Waals surface area (Å²) < 4.78 is 7.61. The second-order valence-electron chi connectivity index (χ2n) is 7.80. The van der Waals surface area contributed by atoms with E-state index in [2.05, 4.69) is 14.9 Å². The minimum Gasteiger partial charge on any atom is -0.387 e. The van der Waals surface area contributed by atoms with E-state index in [9.17, 15) is 15.3 Å². The van der Waals surface area contributed by atoms with Crippen LogP contribution in [0.5, 0.6) is 0 Å². The van der Waals surface area contributed by atoms with Crippen molar-refractivity contribution in [3.63, 3.8) is 0 Å². The number of rotatable bonds is 6. The molecule has 2 aromatic heterocycles. The first-order valence-corrected chi connectivity index (χ1v) is 10.1. The lowest BCUT2D eigenvalue weighted by Gasteiger charge is -2.21. The maximum Gasteiger partial charge on any atom is 0.164 e. The molecule has 5 atom stereocenters. The summed E-state index contributed by atoms with van der Waals surface area (Å²) >= 11 is 5.91. The summed E-state index contributed by atoms with van der Waals surface area (Å²) in [6.45, 7) is 0.841. The number of fused-ring (bicyclic) bond motifs is 1. The molecule has 3 N–H and O–H groups in total. The van der Waals surface area contributed by atoms with E-state index in [4.69, 9.17) is 16.3 Å². The highest BCUT2D eigenvalue weighted by molar-refractivity contribution is 6.30. The Labute approximate surface area is 179 Å². The van der Waals surface area contributed by atoms with Crippen LogP contribution in [-0.4, -0.2) is 73.7 Å². The Bertz CT molecular complexity index is 1010. The molecule has 0 radical (unpaired) electrons. The van der Waals surface area contributed by atoms with Crippen molar-refractivity contribution in [2.45, 2.75) is 37.1 Å². The summed E-state index contributed by atoms with van der Waals surface area (Å²) in [6.07, 6.45) is -1.51. The SMILES string of the molecule is CN(C)CCc1ncnc2c1ccn2[C@@H]1O[C@H]([C@H](O)c2ccc(Cl)cc2)[C@@H](O)[C@H]1O. The van der Waals surface area contributed by atoms with E-state index in [-0.39, 0.29) is 0 Å². The molecular weight excluding hydrogens is 408 g/mol. The Kier molecular flexibility index (Phi) is 6.06. The number of benzene rings is 1. The molecule has 1 fully saturated rings. The standard InChI is InChI=1S/C21H25ClN4O4/c1-25(2)9-8-15-14-7-10-26(20(14)24-11-23-15)21-18(29)17(28)19(30-21)16(27)12-3-5-13(22)6-4-12/h3-7,10-11,16-19,21,27-29H,8-9H2,1-2H3/t16-,17+,18-,19-,21-/m1/s1. The van der Waals surface area contributed by atoms with Crippen LogP contribution < -0.4 is 0 Å². The van der Waals surface area contributed by atoms with E-state index in [0.29, 0.717) is 16.2 Å². The minimum absolute atomic E-state index is 0.542. The highest BCUT2D eigenvalue weighted by Crippen LogP contribution is 2.37. The number of aliphatic hydroxyl groups is 3. The van der Waals surface area contributed by atoms with Gasteiger partial charge in [-0.05, 0) is 37.9 Å². The van der Waals surface area contributed by atoms with Crippen molar-refractivity contribution in [1.29, 1.82) is 0 Å². The van der Waals surface area contributed by atoms with Crippen molar-refractivity contribution in [1.82, 2.24) is 19.4 Å². The molecule has 1 saturated heterocycles. The van der Waals surface area contributed by atoms with Gasteiger partial charge in [-0.3, -0.25) is 0 Å². The molecule has 1 aliphatic rings. The molecule has 8 nitrogen and oxygen atoms in total. The van der Waals surface area contributed by atoms with Gasteiger partial charge in [0.2, 0.25) is 0 Å². The highest BCUT2D eigenvalue weighted by Gasteiger charge is 2.47. The Morgan fingerprint density at radius 3 is 2.57 bits per heavy atom. The smallest absolute Gasteiger partial charge is 0.164 e. The van der Waals surface area contributed by atoms with Gasteiger partial charge in [-0.2, -0.15) is 0 Å². The van der Waals surface area contributed by atoms with Crippen LogP contribution in [0.15, 0.2) is 42.9 Å². The molecule has 160 valence electrons. The van der Waals surface area contributed by atoms with E-state index in [1.807, 2.05) is 20.2 Å². The minimum atomic E-state index is -1.27. The van der Waals surface area contributed by atoms with Gasteiger partial charge in [-0.25, -0.2) is 9.97 Å². The lowest BCUT2D eigenvalue weighted by atomic mass is 9.99. The van der Waals surface area contributed by atoms with Crippen LogP contribution in [0.3, 0.4) is 0 Å². The first-order valence-electron chi connectivity index (χ1n) is 9.77. The lowest BCUT2D eigenvalue weighted by Crippen LogP contribution is -2.34. The second-order valence-corrected chi connectivity index (χ2v) is 8.24. The van der Waals surface area contributed by atoms with E-state index in [1.165, 1.54) is 6.33 Å². The van der Waals surface area contributed by atoms with Gasteiger partial charge < -0.3 is 29.5 Å². The van der Waals surface area contributed by atoms with E-state index in [1.54, 1.807) is 35.0 Å². The van der Waals surface area contributed by atoms with E-state index < -0.39 is 30.6 Å². The fourth-order valence-electron chi connectivity index (χ4n) is 3.78. The maximum atomic E-state index is 10.7. The van der Waals surface area contributed by atoms with Gasteiger partial charge in [0.15, 0.2) is 6.23 Å². The molecule has 0 spiro atoms. The average molecular weight is 433 g/mol. The summed E-state index contributed by atoms with van der Waals surface area (Å²) in [5.41, 5.74) is 2.05. The van der Waals surface area contributed by atoms with Crippen molar-refractivity contribution in [3.8, 4) is 0 Å². The van der Waals surface area contributed by atoms with Gasteiger partial charge >= 0.3 is 0 Å². The summed E-state index contributed by atoms with van der Waals surface area (Å²) in [4.78, 5) is 10.8. The monoisotopic (exact) mass is 432 g/mol. The van der Waals surface area contributed by atoms with Crippen molar-refractivity contribution in [2.24, 2.45) is 0 Å². The first kappa shape index (κ1) is 21.2. The third-order valence-electron chi connectivity index (χ3n) is 5.46. The van der Waals surface area contributed by atoms with Crippen LogP contribution in [0.1, 0.15) is 23.6 Å². The van der Waals surface area contributed by atoms with Crippen molar-refractivity contribution >= 4 is 22.6 Å². The summed E-state index contributed by atoms with van der Waals surface area (Å²) in [5.74, 6) is 0. The van der Waals surface area contributed by atoms with E-state index in [0.717, 1.165) is 24.0 Å². The van der Waals surface area contributed by atoms with Crippen LogP contribution in [0.2, 0.25) is 5.02 Å². The number of hydrogen-bond donors (Lipinski definition) is 3. The maximum absolute atomic E-state index is 10.7. The number of likely N-dealkylation sites (N-methyl/N-ethyl adjacent to an activating group) is 1. The van der Waals surface area contributed by atoms with Crippen LogP contribution in [0.25, 0.3) is 11.0 Å². The number of aromatic nitrogens is 3. The molecule has 1 aromatic carbocycles. The second kappa shape index (κ2) is 8.58. The number of hydrogen-bond acceptors (Lipinski definition) is 7. The normalized spacial score (nSPS) is 25.3. The van der Waals surface area contributed by atoms with Gasteiger partial charge in [-0.1, -0.05) is 23.7 Å². The van der Waals surface area contributed by atoms with Gasteiger partial charge in [0, 0.05) is 29.6 Å². The Hall–Kier alpha value is -2.07. The fraction of sp³-hybridized carbons (Fsp3) is 0.429. The third-order valence-corrected chi connectivity index (χ3v) is 5.71. The van der Waals surface area contributed by atoms with Crippen LogP contribution in [0.4, 0.5) is 0 Å². The molecule has 0 amide bonds. The molecule has 3 aromatic rings. The largest absolute Gasteiger partial charge is 0.387 e. The molecule has 0 aliphatic carbocycles. The molecule has 0 unspecified atom stereocenters. The first-order chi connectivity index (χ1) is 14.4. The summed E-state index contributed by atoms with van der Waals surface area (Å²) in [5, 5.41) is 33.4. The number of ether oxygens (including phenoxy) is 1. The number of aliphatic hydroxyl groups excluding tert-OH is 3. The summed E-state index contributed by atoms with van der Waals surface area (Å²) in [7, 11) is 4.00. The van der Waals surface area contributed by atoms with Gasteiger partial charge in [0.05, 0.1) is 5.69 Å². The summed E-state index contributed by atoms with van der Waals surface area (Å²) in [6, 6.07) is 8.52. The Balaban J connectivity index is 1.60. The predicted molar refractivity (Wildman–Crippen MR) is 112 cm³/mol. The van der Waals surface area contributed by atoms with Crippen molar-refractivity contribution in [2.75, 3.05) is 20.6 Å². The quantitative estimate of drug-likeness (QED) is 0.542. The zero-order valence-electron chi connectivity index (χ0n) is 16.8. The molecule has 1 aliphatic heterocycles. The molecule has 0 saturated carbocycles. The van der Waals surface area contributed by atoms with Crippen LogP contribution in [0, 0.1) is 0 Å². The van der Waals surface area contributed by atoms with Crippen LogP contribution in [-0.2, 0) is 11.2 Å². The molecule has 0 bridgehead atoms. The van der Waals surface area contributed by atoms with Gasteiger partial charge in [-0.15, -0.1) is 0 Å². The molecule has 9 heteroatoms.